The number of carbonyl (C=O) groups is 1. The van der Waals surface area contributed by atoms with Gasteiger partial charge in [0.2, 0.25) is 0 Å². The number of hydrogen-bond donors (Lipinski definition) is 1. The number of aromatic nitrogens is 3. The second kappa shape index (κ2) is 5.01. The van der Waals surface area contributed by atoms with Crippen LogP contribution in [0.15, 0.2) is 9.95 Å². The predicted molar refractivity (Wildman–Crippen MR) is 55.7 cm³/mol. The standard InChI is InChI=1S/C8H13N3O3S/c1-5(6(12)14-3)4-15-8-10-9-7(13)11(8)2/h5H,4H2,1-3H3,(H,9,13). The smallest absolute Gasteiger partial charge is 0.343 e. The molecule has 1 heterocycles. The van der Waals surface area contributed by atoms with Gasteiger partial charge in [0.25, 0.3) is 0 Å². The molecule has 0 saturated heterocycles. The lowest BCUT2D eigenvalue weighted by atomic mass is 10.2. The second-order valence-electron chi connectivity index (χ2n) is 3.11. The highest BCUT2D eigenvalue weighted by Crippen LogP contribution is 2.16. The Bertz CT molecular complexity index is 398. The van der Waals surface area contributed by atoms with Crippen LogP contribution in [0.2, 0.25) is 0 Å². The second-order valence-corrected chi connectivity index (χ2v) is 4.09. The van der Waals surface area contributed by atoms with E-state index in [0.717, 1.165) is 0 Å². The first kappa shape index (κ1) is 11.8. The fourth-order valence-electron chi connectivity index (χ4n) is 0.930. The summed E-state index contributed by atoms with van der Waals surface area (Å²) in [5.74, 6) is 0.0555. The lowest BCUT2D eigenvalue weighted by Crippen LogP contribution is -2.16. The zero-order valence-electron chi connectivity index (χ0n) is 8.81. The van der Waals surface area contributed by atoms with Gasteiger partial charge in [-0.05, 0) is 0 Å². The van der Waals surface area contributed by atoms with Gasteiger partial charge in [-0.25, -0.2) is 9.89 Å². The molecule has 15 heavy (non-hydrogen) atoms. The van der Waals surface area contributed by atoms with Crippen LogP contribution in [0.25, 0.3) is 0 Å². The SMILES string of the molecule is COC(=O)C(C)CSc1n[nH]c(=O)n1C. The van der Waals surface area contributed by atoms with Crippen LogP contribution in [0, 0.1) is 5.92 Å². The third-order valence-corrected chi connectivity index (χ3v) is 3.19. The van der Waals surface area contributed by atoms with Gasteiger partial charge in [0, 0.05) is 12.8 Å². The Hall–Kier alpha value is -1.24. The number of hydrogen-bond acceptors (Lipinski definition) is 5. The average Bonchev–Trinajstić information content (AvgIpc) is 2.55. The number of ether oxygens (including phenoxy) is 1. The molecule has 0 bridgehead atoms. The van der Waals surface area contributed by atoms with Gasteiger partial charge in [0.1, 0.15) is 0 Å². The van der Waals surface area contributed by atoms with Crippen molar-refractivity contribution in [2.75, 3.05) is 12.9 Å². The summed E-state index contributed by atoms with van der Waals surface area (Å²) in [5, 5.41) is 6.70. The quantitative estimate of drug-likeness (QED) is 0.583. The van der Waals surface area contributed by atoms with Gasteiger partial charge in [-0.3, -0.25) is 9.36 Å². The number of thioether (sulfide) groups is 1. The molecule has 1 N–H and O–H groups in total. The highest BCUT2D eigenvalue weighted by atomic mass is 32.2. The van der Waals surface area contributed by atoms with Gasteiger partial charge in [-0.15, -0.1) is 5.10 Å². The summed E-state index contributed by atoms with van der Waals surface area (Å²) in [6.07, 6.45) is 0. The highest BCUT2D eigenvalue weighted by Gasteiger charge is 2.15. The number of H-pyrrole nitrogens is 1. The molecule has 1 rings (SSSR count). The summed E-state index contributed by atoms with van der Waals surface area (Å²) in [4.78, 5) is 22.1. The Morgan fingerprint density at radius 2 is 2.40 bits per heavy atom. The molecular weight excluding hydrogens is 218 g/mol. The number of rotatable bonds is 4. The molecule has 84 valence electrons. The number of nitrogens with one attached hydrogen (secondary N) is 1. The summed E-state index contributed by atoms with van der Waals surface area (Å²) >= 11 is 1.34. The van der Waals surface area contributed by atoms with Crippen molar-refractivity contribution < 1.29 is 9.53 Å². The Balaban J connectivity index is 2.54. The maximum atomic E-state index is 11.1. The minimum absolute atomic E-state index is 0.216. The van der Waals surface area contributed by atoms with E-state index in [9.17, 15) is 9.59 Å². The first-order valence-corrected chi connectivity index (χ1v) is 5.36. The first-order valence-electron chi connectivity index (χ1n) is 4.38. The maximum Gasteiger partial charge on any atom is 0.343 e. The van der Waals surface area contributed by atoms with Crippen molar-refractivity contribution in [3.63, 3.8) is 0 Å². The molecule has 1 atom stereocenters. The lowest BCUT2D eigenvalue weighted by Gasteiger charge is -2.07. The summed E-state index contributed by atoms with van der Waals surface area (Å²) in [5.41, 5.74) is -0.261. The van der Waals surface area contributed by atoms with Crippen LogP contribution in [0.3, 0.4) is 0 Å². The molecule has 1 unspecified atom stereocenters. The van der Waals surface area contributed by atoms with E-state index < -0.39 is 0 Å². The summed E-state index contributed by atoms with van der Waals surface area (Å²) in [6.45, 7) is 1.77. The van der Waals surface area contributed by atoms with E-state index in [-0.39, 0.29) is 17.6 Å². The third-order valence-electron chi connectivity index (χ3n) is 1.90. The van der Waals surface area contributed by atoms with Crippen LogP contribution in [0.5, 0.6) is 0 Å². The van der Waals surface area contributed by atoms with Crippen LogP contribution < -0.4 is 5.69 Å². The van der Waals surface area contributed by atoms with Crippen molar-refractivity contribution in [3.05, 3.63) is 10.5 Å². The van der Waals surface area contributed by atoms with Crippen molar-refractivity contribution in [2.45, 2.75) is 12.1 Å². The van der Waals surface area contributed by atoms with Crippen molar-refractivity contribution in [1.82, 2.24) is 14.8 Å². The van der Waals surface area contributed by atoms with Crippen molar-refractivity contribution in [3.8, 4) is 0 Å². The molecule has 1 aromatic rings. The summed E-state index contributed by atoms with van der Waals surface area (Å²) in [6, 6.07) is 0. The molecule has 0 amide bonds. The molecule has 0 spiro atoms. The molecule has 0 radical (unpaired) electrons. The number of esters is 1. The van der Waals surface area contributed by atoms with E-state index in [1.165, 1.54) is 23.4 Å². The molecule has 1 aromatic heterocycles. The Kier molecular flexibility index (Phi) is 3.96. The number of aromatic amines is 1. The van der Waals surface area contributed by atoms with Crippen molar-refractivity contribution in [2.24, 2.45) is 13.0 Å². The lowest BCUT2D eigenvalue weighted by molar-refractivity contribution is -0.143. The van der Waals surface area contributed by atoms with Crippen molar-refractivity contribution >= 4 is 17.7 Å². The van der Waals surface area contributed by atoms with Gasteiger partial charge < -0.3 is 4.74 Å². The van der Waals surface area contributed by atoms with Crippen LogP contribution in [-0.4, -0.2) is 33.6 Å². The van der Waals surface area contributed by atoms with Gasteiger partial charge in [-0.2, -0.15) is 0 Å². The molecule has 0 aliphatic carbocycles. The van der Waals surface area contributed by atoms with E-state index in [1.807, 2.05) is 0 Å². The normalized spacial score (nSPS) is 12.5. The Morgan fingerprint density at radius 3 is 2.87 bits per heavy atom. The van der Waals surface area contributed by atoms with Crippen LogP contribution in [0.1, 0.15) is 6.92 Å². The van der Waals surface area contributed by atoms with Gasteiger partial charge >= 0.3 is 11.7 Å². The number of methoxy groups -OCH3 is 1. The summed E-state index contributed by atoms with van der Waals surface area (Å²) in [7, 11) is 2.98. The zero-order valence-corrected chi connectivity index (χ0v) is 9.63. The molecule has 0 saturated carbocycles. The van der Waals surface area contributed by atoms with Crippen LogP contribution in [-0.2, 0) is 16.6 Å². The van der Waals surface area contributed by atoms with Gasteiger partial charge in [-0.1, -0.05) is 18.7 Å². The summed E-state index contributed by atoms with van der Waals surface area (Å²) < 4.78 is 5.98. The monoisotopic (exact) mass is 231 g/mol. The van der Waals surface area contributed by atoms with E-state index in [0.29, 0.717) is 10.9 Å². The van der Waals surface area contributed by atoms with Crippen molar-refractivity contribution in [1.29, 1.82) is 0 Å². The third kappa shape index (κ3) is 2.85. The molecule has 0 fully saturated rings. The van der Waals surface area contributed by atoms with Gasteiger partial charge in [0.15, 0.2) is 5.16 Å². The van der Waals surface area contributed by atoms with Crippen LogP contribution in [0.4, 0.5) is 0 Å². The molecular formula is C8H13N3O3S. The van der Waals surface area contributed by atoms with E-state index in [2.05, 4.69) is 14.9 Å². The number of nitrogens with zero attached hydrogens (tertiary/aromatic N) is 2. The largest absolute Gasteiger partial charge is 0.469 e. The molecule has 0 aliphatic heterocycles. The minimum Gasteiger partial charge on any atom is -0.469 e. The van der Waals surface area contributed by atoms with E-state index in [1.54, 1.807) is 14.0 Å². The molecule has 0 aliphatic rings. The first-order chi connectivity index (χ1) is 7.06. The minimum atomic E-state index is -0.261. The predicted octanol–water partition coefficient (Wildman–Crippen LogP) is 0.00960. The van der Waals surface area contributed by atoms with Gasteiger partial charge in [0.05, 0.1) is 13.0 Å². The zero-order chi connectivity index (χ0) is 11.4. The van der Waals surface area contributed by atoms with Crippen LogP contribution >= 0.6 is 11.8 Å². The molecule has 7 heteroatoms. The average molecular weight is 231 g/mol. The van der Waals surface area contributed by atoms with E-state index >= 15 is 0 Å². The highest BCUT2D eigenvalue weighted by molar-refractivity contribution is 7.99. The Labute approximate surface area is 91.0 Å². The van der Waals surface area contributed by atoms with E-state index in [4.69, 9.17) is 0 Å². The fourth-order valence-corrected chi connectivity index (χ4v) is 1.85. The molecule has 6 nitrogen and oxygen atoms in total. The Morgan fingerprint density at radius 1 is 1.73 bits per heavy atom. The fraction of sp³-hybridized carbons (Fsp3) is 0.625. The molecule has 0 aromatic carbocycles. The number of carbonyl (C=O) groups excluding carboxylic acids is 1. The maximum absolute atomic E-state index is 11.1. The topological polar surface area (TPSA) is 77.0 Å².